The molecular formula is C18H19BrN2O2. The zero-order valence-electron chi connectivity index (χ0n) is 13.0. The van der Waals surface area contributed by atoms with Crippen molar-refractivity contribution in [1.29, 1.82) is 0 Å². The van der Waals surface area contributed by atoms with Crippen LogP contribution in [0.2, 0.25) is 0 Å². The molecule has 0 spiro atoms. The van der Waals surface area contributed by atoms with Gasteiger partial charge in [0.2, 0.25) is 5.91 Å². The number of amides is 1. The van der Waals surface area contributed by atoms with Crippen LogP contribution in [0.1, 0.15) is 19.1 Å². The predicted molar refractivity (Wildman–Crippen MR) is 94.3 cm³/mol. The number of rotatable bonds is 6. The second-order valence-corrected chi connectivity index (χ2v) is 6.65. The predicted octanol–water partition coefficient (Wildman–Crippen LogP) is 4.13. The number of nitrogens with zero attached hydrogens (tertiary/aromatic N) is 1. The summed E-state index contributed by atoms with van der Waals surface area (Å²) in [7, 11) is 0. The van der Waals surface area contributed by atoms with E-state index in [0.29, 0.717) is 6.54 Å². The first kappa shape index (κ1) is 15.9. The lowest BCUT2D eigenvalue weighted by Gasteiger charge is -2.14. The highest BCUT2D eigenvalue weighted by Crippen LogP contribution is 2.20. The lowest BCUT2D eigenvalue weighted by Crippen LogP contribution is -2.35. The van der Waals surface area contributed by atoms with E-state index in [-0.39, 0.29) is 11.9 Å². The number of nitrogens with one attached hydrogen (secondary N) is 1. The fourth-order valence-electron chi connectivity index (χ4n) is 2.67. The minimum atomic E-state index is 0.0253. The number of carbonyl (C=O) groups excluding carboxylic acids is 1. The zero-order valence-corrected chi connectivity index (χ0v) is 14.5. The van der Waals surface area contributed by atoms with E-state index in [1.807, 2.05) is 48.0 Å². The number of aromatic nitrogens is 1. The van der Waals surface area contributed by atoms with Gasteiger partial charge in [0.15, 0.2) is 0 Å². The third-order valence-electron chi connectivity index (χ3n) is 3.86. The molecule has 0 aliphatic rings. The first-order chi connectivity index (χ1) is 11.1. The van der Waals surface area contributed by atoms with Crippen molar-refractivity contribution in [3.8, 4) is 0 Å². The van der Waals surface area contributed by atoms with Crippen molar-refractivity contribution in [3.63, 3.8) is 0 Å². The topological polar surface area (TPSA) is 47.2 Å². The Morgan fingerprint density at radius 3 is 3.00 bits per heavy atom. The van der Waals surface area contributed by atoms with Crippen LogP contribution >= 0.6 is 15.9 Å². The highest BCUT2D eigenvalue weighted by atomic mass is 79.9. The number of carbonyl (C=O) groups is 1. The van der Waals surface area contributed by atoms with Gasteiger partial charge >= 0.3 is 0 Å². The normalized spacial score (nSPS) is 12.4. The Balaban J connectivity index is 1.55. The highest BCUT2D eigenvalue weighted by Gasteiger charge is 2.10. The van der Waals surface area contributed by atoms with E-state index in [0.717, 1.165) is 34.0 Å². The van der Waals surface area contributed by atoms with Gasteiger partial charge in [0, 0.05) is 34.0 Å². The van der Waals surface area contributed by atoms with Crippen molar-refractivity contribution in [1.82, 2.24) is 9.88 Å². The van der Waals surface area contributed by atoms with E-state index < -0.39 is 0 Å². The largest absolute Gasteiger partial charge is 0.469 e. The van der Waals surface area contributed by atoms with Crippen LogP contribution in [-0.4, -0.2) is 16.5 Å². The molecular weight excluding hydrogens is 356 g/mol. The van der Waals surface area contributed by atoms with Gasteiger partial charge in [0.05, 0.1) is 6.26 Å². The Kier molecular flexibility index (Phi) is 4.86. The first-order valence-electron chi connectivity index (χ1n) is 7.68. The second-order valence-electron chi connectivity index (χ2n) is 5.73. The number of fused-ring (bicyclic) bond motifs is 1. The summed E-state index contributed by atoms with van der Waals surface area (Å²) in [4.78, 5) is 12.2. The molecule has 23 heavy (non-hydrogen) atoms. The van der Waals surface area contributed by atoms with Crippen molar-refractivity contribution in [2.24, 2.45) is 0 Å². The summed E-state index contributed by atoms with van der Waals surface area (Å²) in [5.74, 6) is 0.977. The van der Waals surface area contributed by atoms with Crippen molar-refractivity contribution in [2.75, 3.05) is 0 Å². The number of hydrogen-bond acceptors (Lipinski definition) is 2. The van der Waals surface area contributed by atoms with Crippen LogP contribution in [0.5, 0.6) is 0 Å². The Bertz CT molecular complexity index is 793. The first-order valence-corrected chi connectivity index (χ1v) is 8.47. The van der Waals surface area contributed by atoms with Crippen LogP contribution < -0.4 is 5.32 Å². The van der Waals surface area contributed by atoms with Crippen LogP contribution in [-0.2, 0) is 17.8 Å². The maximum atomic E-state index is 12.2. The van der Waals surface area contributed by atoms with Crippen molar-refractivity contribution in [3.05, 3.63) is 59.1 Å². The molecule has 1 amide bonds. The number of benzene rings is 1. The molecule has 120 valence electrons. The number of hydrogen-bond donors (Lipinski definition) is 1. The summed E-state index contributed by atoms with van der Waals surface area (Å²) in [5, 5.41) is 4.17. The maximum absolute atomic E-state index is 12.2. The molecule has 3 rings (SSSR count). The molecule has 2 heterocycles. The summed E-state index contributed by atoms with van der Waals surface area (Å²) in [6.45, 7) is 2.35. The molecule has 0 saturated carbocycles. The molecule has 4 nitrogen and oxygen atoms in total. The number of halogens is 1. The molecule has 0 aliphatic heterocycles. The van der Waals surface area contributed by atoms with Gasteiger partial charge in [-0.2, -0.15) is 0 Å². The fourth-order valence-corrected chi connectivity index (χ4v) is 3.05. The van der Waals surface area contributed by atoms with E-state index in [1.54, 1.807) is 6.26 Å². The molecule has 0 bridgehead atoms. The van der Waals surface area contributed by atoms with Gasteiger partial charge in [0.1, 0.15) is 12.3 Å². The summed E-state index contributed by atoms with van der Waals surface area (Å²) in [5.41, 5.74) is 1.06. The summed E-state index contributed by atoms with van der Waals surface area (Å²) < 4.78 is 8.32. The molecule has 5 heteroatoms. The van der Waals surface area contributed by atoms with E-state index >= 15 is 0 Å². The second kappa shape index (κ2) is 7.04. The minimum absolute atomic E-state index is 0.0253. The van der Waals surface area contributed by atoms with E-state index in [2.05, 4.69) is 27.3 Å². The molecule has 1 N–H and O–H groups in total. The van der Waals surface area contributed by atoms with Gasteiger partial charge in [-0.3, -0.25) is 4.79 Å². The third-order valence-corrected chi connectivity index (χ3v) is 4.35. The summed E-state index contributed by atoms with van der Waals surface area (Å²) >= 11 is 3.46. The molecule has 0 saturated heterocycles. The quantitative estimate of drug-likeness (QED) is 0.704. The van der Waals surface area contributed by atoms with Crippen molar-refractivity contribution in [2.45, 2.75) is 32.4 Å². The summed E-state index contributed by atoms with van der Waals surface area (Å²) in [6, 6.07) is 12.0. The molecule has 3 aromatic rings. The molecule has 1 aromatic carbocycles. The number of aryl methyl sites for hydroxylation is 1. The van der Waals surface area contributed by atoms with Crippen LogP contribution in [0.3, 0.4) is 0 Å². The highest BCUT2D eigenvalue weighted by molar-refractivity contribution is 9.10. The van der Waals surface area contributed by atoms with E-state index in [1.165, 1.54) is 0 Å². The molecule has 0 radical (unpaired) electrons. The average molecular weight is 375 g/mol. The Morgan fingerprint density at radius 2 is 2.22 bits per heavy atom. The third kappa shape index (κ3) is 4.05. The van der Waals surface area contributed by atoms with Crippen LogP contribution in [0.25, 0.3) is 10.9 Å². The van der Waals surface area contributed by atoms with E-state index in [4.69, 9.17) is 4.42 Å². The molecule has 0 fully saturated rings. The zero-order chi connectivity index (χ0) is 16.2. The van der Waals surface area contributed by atoms with Gasteiger partial charge in [-0.15, -0.1) is 0 Å². The fraction of sp³-hybridized carbons (Fsp3) is 0.278. The molecule has 0 aliphatic carbocycles. The van der Waals surface area contributed by atoms with Crippen molar-refractivity contribution >= 4 is 32.7 Å². The lowest BCUT2D eigenvalue weighted by molar-refractivity contribution is -0.122. The van der Waals surface area contributed by atoms with Gasteiger partial charge in [0.25, 0.3) is 0 Å². The minimum Gasteiger partial charge on any atom is -0.469 e. The van der Waals surface area contributed by atoms with Gasteiger partial charge < -0.3 is 14.3 Å². The Morgan fingerprint density at radius 1 is 1.35 bits per heavy atom. The molecule has 0 unspecified atom stereocenters. The van der Waals surface area contributed by atoms with Crippen LogP contribution in [0.4, 0.5) is 0 Å². The maximum Gasteiger partial charge on any atom is 0.240 e. The SMILES string of the molecule is C[C@H](CCc1ccco1)NC(=O)Cn1ccc2cc(Br)ccc21. The smallest absolute Gasteiger partial charge is 0.240 e. The van der Waals surface area contributed by atoms with Gasteiger partial charge in [-0.05, 0) is 49.7 Å². The molecule has 2 aromatic heterocycles. The Labute approximate surface area is 143 Å². The van der Waals surface area contributed by atoms with Crippen molar-refractivity contribution < 1.29 is 9.21 Å². The van der Waals surface area contributed by atoms with E-state index in [9.17, 15) is 4.79 Å². The Hall–Kier alpha value is -2.01. The van der Waals surface area contributed by atoms with Gasteiger partial charge in [-0.25, -0.2) is 0 Å². The van der Waals surface area contributed by atoms with Crippen LogP contribution in [0, 0.1) is 0 Å². The molecule has 1 atom stereocenters. The monoisotopic (exact) mass is 374 g/mol. The summed E-state index contributed by atoms with van der Waals surface area (Å²) in [6.07, 6.45) is 5.31. The number of furan rings is 1. The van der Waals surface area contributed by atoms with Gasteiger partial charge in [-0.1, -0.05) is 15.9 Å². The standard InChI is InChI=1S/C18H19BrN2O2/c1-13(4-6-16-3-2-10-23-16)20-18(22)12-21-9-8-14-11-15(19)5-7-17(14)21/h2-3,5,7-11,13H,4,6,12H2,1H3,(H,20,22)/t13-/m1/s1. The van der Waals surface area contributed by atoms with Crippen LogP contribution in [0.15, 0.2) is 57.7 Å². The lowest BCUT2D eigenvalue weighted by atomic mass is 10.1. The average Bonchev–Trinajstić information content (AvgIpc) is 3.15.